The molecular weight excluding hydrogens is 372 g/mol. The average molecular weight is 397 g/mol. The van der Waals surface area contributed by atoms with Crippen LogP contribution in [0, 0.1) is 5.92 Å². The van der Waals surface area contributed by atoms with Crippen LogP contribution in [0.2, 0.25) is 5.02 Å². The highest BCUT2D eigenvalue weighted by molar-refractivity contribution is 7.99. The third kappa shape index (κ3) is 5.74. The molecule has 0 aliphatic heterocycles. The van der Waals surface area contributed by atoms with Gasteiger partial charge in [-0.3, -0.25) is 9.59 Å². The number of nitrogens with one attached hydrogen (secondary N) is 1. The smallest absolute Gasteiger partial charge is 0.306 e. The summed E-state index contributed by atoms with van der Waals surface area (Å²) in [5.74, 6) is 0.804. The molecule has 0 saturated carbocycles. The van der Waals surface area contributed by atoms with Crippen molar-refractivity contribution in [2.75, 3.05) is 12.4 Å². The number of fused-ring (bicyclic) bond motifs is 1. The van der Waals surface area contributed by atoms with E-state index in [0.29, 0.717) is 40.6 Å². The molecule has 2 aromatic rings. The zero-order valence-electron chi connectivity index (χ0n) is 15.2. The molecule has 1 heterocycles. The highest BCUT2D eigenvalue weighted by Gasteiger charge is 2.13. The molecule has 0 fully saturated rings. The number of unbranched alkanes of at least 4 members (excludes halogenated alkanes) is 1. The van der Waals surface area contributed by atoms with Crippen LogP contribution in [0.4, 0.5) is 0 Å². The molecule has 0 amide bonds. The summed E-state index contributed by atoms with van der Waals surface area (Å²) in [7, 11) is 0. The molecule has 1 unspecified atom stereocenters. The fourth-order valence-electron chi connectivity index (χ4n) is 2.64. The number of rotatable bonds is 10. The largest absolute Gasteiger partial charge is 0.465 e. The number of nitrogens with zero attached hydrogens (tertiary/aromatic N) is 1. The predicted octanol–water partition coefficient (Wildman–Crippen LogP) is 4.82. The number of thioether (sulfide) groups is 1. The van der Waals surface area contributed by atoms with E-state index < -0.39 is 0 Å². The van der Waals surface area contributed by atoms with Crippen molar-refractivity contribution in [3.63, 3.8) is 0 Å². The normalized spacial score (nSPS) is 12.3. The van der Waals surface area contributed by atoms with Gasteiger partial charge in [0, 0.05) is 10.6 Å². The third-order valence-corrected chi connectivity index (χ3v) is 5.86. The Labute approximate surface area is 162 Å². The van der Waals surface area contributed by atoms with Gasteiger partial charge in [0.25, 0.3) is 5.56 Å². The van der Waals surface area contributed by atoms with Crippen LogP contribution >= 0.6 is 23.4 Å². The predicted molar refractivity (Wildman–Crippen MR) is 107 cm³/mol. The van der Waals surface area contributed by atoms with Crippen molar-refractivity contribution >= 4 is 40.2 Å². The molecule has 142 valence electrons. The van der Waals surface area contributed by atoms with E-state index in [1.807, 2.05) is 6.07 Å². The molecule has 0 spiro atoms. The maximum absolute atomic E-state index is 11.9. The van der Waals surface area contributed by atoms with Crippen LogP contribution in [0.1, 0.15) is 46.0 Å². The Balaban J connectivity index is 1.85. The summed E-state index contributed by atoms with van der Waals surface area (Å²) >= 11 is 7.77. The molecule has 0 radical (unpaired) electrons. The van der Waals surface area contributed by atoms with Crippen LogP contribution in [0.25, 0.3) is 10.9 Å². The third-order valence-electron chi connectivity index (χ3n) is 4.30. The van der Waals surface area contributed by atoms with Crippen molar-refractivity contribution in [3.8, 4) is 0 Å². The highest BCUT2D eigenvalue weighted by atomic mass is 35.5. The average Bonchev–Trinajstić information content (AvgIpc) is 2.64. The lowest BCUT2D eigenvalue weighted by molar-refractivity contribution is -0.144. The van der Waals surface area contributed by atoms with Crippen molar-refractivity contribution in [1.29, 1.82) is 0 Å². The summed E-state index contributed by atoms with van der Waals surface area (Å²) in [6.45, 7) is 4.79. The monoisotopic (exact) mass is 396 g/mol. The van der Waals surface area contributed by atoms with Crippen LogP contribution in [0.3, 0.4) is 0 Å². The number of halogens is 1. The Morgan fingerprint density at radius 3 is 2.92 bits per heavy atom. The van der Waals surface area contributed by atoms with E-state index in [-0.39, 0.29) is 11.5 Å². The minimum atomic E-state index is -0.264. The fourth-order valence-corrected chi connectivity index (χ4v) is 3.93. The second-order valence-electron chi connectivity index (χ2n) is 6.20. The zero-order chi connectivity index (χ0) is 18.9. The quantitative estimate of drug-likeness (QED) is 0.460. The van der Waals surface area contributed by atoms with Gasteiger partial charge in [-0.15, -0.1) is 11.8 Å². The number of carbonyl (C=O) groups is 1. The molecular formula is C19H25ClN2O3S. The molecule has 0 aliphatic rings. The molecule has 26 heavy (non-hydrogen) atoms. The number of hydrogen-bond acceptors (Lipinski definition) is 5. The lowest BCUT2D eigenvalue weighted by atomic mass is 10.0. The zero-order valence-corrected chi connectivity index (χ0v) is 16.8. The van der Waals surface area contributed by atoms with Gasteiger partial charge >= 0.3 is 5.97 Å². The summed E-state index contributed by atoms with van der Waals surface area (Å²) in [5, 5.41) is 0.754. The molecule has 1 aromatic heterocycles. The first-order valence-electron chi connectivity index (χ1n) is 9.01. The van der Waals surface area contributed by atoms with Gasteiger partial charge in [-0.25, -0.2) is 4.98 Å². The van der Waals surface area contributed by atoms with Gasteiger partial charge in [-0.05, 0) is 24.5 Å². The molecule has 2 rings (SSSR count). The number of ether oxygens (including phenoxy) is 1. The Hall–Kier alpha value is -1.53. The van der Waals surface area contributed by atoms with Gasteiger partial charge in [0.1, 0.15) is 0 Å². The molecule has 1 N–H and O–H groups in total. The van der Waals surface area contributed by atoms with E-state index in [1.165, 1.54) is 24.5 Å². The standard InChI is InChI=1S/C19H25ClN2O3S/c1-3-5-6-13(4-2)11-25-16(23)9-10-26-15-8-7-14-17(18(15)20)19(24)22-12-21-14/h7-8,12-13H,3-6,9-11H2,1-2H3,(H,21,22,24). The number of benzene rings is 1. The van der Waals surface area contributed by atoms with Crippen LogP contribution in [0.15, 0.2) is 28.2 Å². The Morgan fingerprint density at radius 1 is 1.38 bits per heavy atom. The van der Waals surface area contributed by atoms with E-state index in [2.05, 4.69) is 23.8 Å². The van der Waals surface area contributed by atoms with Gasteiger partial charge in [0.2, 0.25) is 0 Å². The van der Waals surface area contributed by atoms with Crippen LogP contribution in [-0.2, 0) is 9.53 Å². The second kappa shape index (κ2) is 10.6. The van der Waals surface area contributed by atoms with Gasteiger partial charge in [0.15, 0.2) is 0 Å². The number of aromatic nitrogens is 2. The van der Waals surface area contributed by atoms with E-state index in [9.17, 15) is 9.59 Å². The molecule has 5 nitrogen and oxygen atoms in total. The Morgan fingerprint density at radius 2 is 2.19 bits per heavy atom. The van der Waals surface area contributed by atoms with Crippen LogP contribution in [0.5, 0.6) is 0 Å². The lowest BCUT2D eigenvalue weighted by Crippen LogP contribution is -2.14. The van der Waals surface area contributed by atoms with Gasteiger partial charge in [0.05, 0.1) is 35.3 Å². The van der Waals surface area contributed by atoms with Crippen LogP contribution in [-0.4, -0.2) is 28.3 Å². The number of hydrogen-bond donors (Lipinski definition) is 1. The minimum absolute atomic E-state index is 0.191. The first-order chi connectivity index (χ1) is 12.6. The number of H-pyrrole nitrogens is 1. The topological polar surface area (TPSA) is 72.0 Å². The lowest BCUT2D eigenvalue weighted by Gasteiger charge is -2.14. The summed E-state index contributed by atoms with van der Waals surface area (Å²) < 4.78 is 5.40. The summed E-state index contributed by atoms with van der Waals surface area (Å²) in [6, 6.07) is 3.58. The summed E-state index contributed by atoms with van der Waals surface area (Å²) in [4.78, 5) is 31.3. The second-order valence-corrected chi connectivity index (χ2v) is 7.72. The first-order valence-corrected chi connectivity index (χ1v) is 10.4. The van der Waals surface area contributed by atoms with Crippen molar-refractivity contribution in [2.24, 2.45) is 5.92 Å². The van der Waals surface area contributed by atoms with E-state index in [1.54, 1.807) is 6.07 Å². The maximum Gasteiger partial charge on any atom is 0.306 e. The van der Waals surface area contributed by atoms with Crippen molar-refractivity contribution in [1.82, 2.24) is 9.97 Å². The summed E-state index contributed by atoms with van der Waals surface area (Å²) in [6.07, 6.45) is 6.12. The van der Waals surface area contributed by atoms with Gasteiger partial charge in [-0.2, -0.15) is 0 Å². The van der Waals surface area contributed by atoms with E-state index in [0.717, 1.165) is 24.2 Å². The highest BCUT2D eigenvalue weighted by Crippen LogP contribution is 2.31. The first kappa shape index (κ1) is 20.8. The number of carbonyl (C=O) groups excluding carboxylic acids is 1. The van der Waals surface area contributed by atoms with Crippen molar-refractivity contribution in [3.05, 3.63) is 33.8 Å². The molecule has 1 aromatic carbocycles. The van der Waals surface area contributed by atoms with Gasteiger partial charge < -0.3 is 9.72 Å². The fraction of sp³-hybridized carbons (Fsp3) is 0.526. The van der Waals surface area contributed by atoms with E-state index in [4.69, 9.17) is 16.3 Å². The molecule has 0 bridgehead atoms. The minimum Gasteiger partial charge on any atom is -0.465 e. The number of esters is 1. The molecule has 0 aliphatic carbocycles. The summed E-state index contributed by atoms with van der Waals surface area (Å²) in [5.41, 5.74) is 0.291. The van der Waals surface area contributed by atoms with Crippen molar-refractivity contribution in [2.45, 2.75) is 50.8 Å². The SMILES string of the molecule is CCCCC(CC)COC(=O)CCSc1ccc2nc[nH]c(=O)c2c1Cl. The number of aromatic amines is 1. The molecule has 7 heteroatoms. The Bertz CT molecular complexity index is 794. The van der Waals surface area contributed by atoms with Crippen molar-refractivity contribution < 1.29 is 9.53 Å². The molecule has 0 saturated heterocycles. The van der Waals surface area contributed by atoms with Crippen LogP contribution < -0.4 is 5.56 Å². The maximum atomic E-state index is 11.9. The molecule has 1 atom stereocenters. The Kier molecular flexibility index (Phi) is 8.45. The van der Waals surface area contributed by atoms with E-state index >= 15 is 0 Å². The van der Waals surface area contributed by atoms with Gasteiger partial charge in [-0.1, -0.05) is 44.7 Å².